The van der Waals surface area contributed by atoms with Crippen molar-refractivity contribution >= 4 is 17.5 Å². The lowest BCUT2D eigenvalue weighted by molar-refractivity contribution is -0.139. The summed E-state index contributed by atoms with van der Waals surface area (Å²) in [6.45, 7) is 5.72. The van der Waals surface area contributed by atoms with Gasteiger partial charge >= 0.3 is 0 Å². The molecular weight excluding hydrogens is 350 g/mol. The second kappa shape index (κ2) is 7.40. The smallest absolute Gasteiger partial charge is 0.239 e. The van der Waals surface area contributed by atoms with Gasteiger partial charge in [-0.1, -0.05) is 36.4 Å². The zero-order valence-electron chi connectivity index (χ0n) is 16.5. The van der Waals surface area contributed by atoms with Gasteiger partial charge in [0.1, 0.15) is 5.92 Å². The minimum Gasteiger partial charge on any atom is -0.340 e. The van der Waals surface area contributed by atoms with Crippen molar-refractivity contribution in [2.24, 2.45) is 11.7 Å². The molecule has 0 bridgehead atoms. The predicted octanol–water partition coefficient (Wildman–Crippen LogP) is 2.61. The first-order chi connectivity index (χ1) is 13.4. The normalized spacial score (nSPS) is 24.8. The molecule has 146 valence electrons. The number of nitrogens with zero attached hydrogens (tertiary/aromatic N) is 2. The van der Waals surface area contributed by atoms with Crippen molar-refractivity contribution in [2.45, 2.75) is 32.2 Å². The van der Waals surface area contributed by atoms with E-state index in [1.807, 2.05) is 44.2 Å². The van der Waals surface area contributed by atoms with E-state index in [0.717, 1.165) is 22.4 Å². The van der Waals surface area contributed by atoms with Gasteiger partial charge in [-0.3, -0.25) is 9.59 Å². The third kappa shape index (κ3) is 3.42. The topological polar surface area (TPSA) is 66.6 Å². The molecule has 2 fully saturated rings. The molecule has 1 unspecified atom stereocenters. The molecule has 2 aliphatic heterocycles. The van der Waals surface area contributed by atoms with Gasteiger partial charge in [-0.2, -0.15) is 0 Å². The highest BCUT2D eigenvalue weighted by atomic mass is 16.2. The summed E-state index contributed by atoms with van der Waals surface area (Å²) >= 11 is 0. The van der Waals surface area contributed by atoms with Crippen LogP contribution in [0.2, 0.25) is 0 Å². The van der Waals surface area contributed by atoms with Gasteiger partial charge in [0.25, 0.3) is 0 Å². The molecule has 2 saturated heterocycles. The molecular formula is C23H27N3O2. The van der Waals surface area contributed by atoms with E-state index >= 15 is 0 Å². The molecule has 5 nitrogen and oxygen atoms in total. The van der Waals surface area contributed by atoms with Crippen molar-refractivity contribution in [3.8, 4) is 0 Å². The molecule has 2 N–H and O–H groups in total. The molecule has 2 heterocycles. The average molecular weight is 377 g/mol. The summed E-state index contributed by atoms with van der Waals surface area (Å²) < 4.78 is 0. The summed E-state index contributed by atoms with van der Waals surface area (Å²) in [4.78, 5) is 29.7. The van der Waals surface area contributed by atoms with Gasteiger partial charge in [-0.25, -0.2) is 0 Å². The Kier molecular flexibility index (Phi) is 4.94. The summed E-state index contributed by atoms with van der Waals surface area (Å²) in [6, 6.07) is 16.1. The van der Waals surface area contributed by atoms with E-state index in [1.54, 1.807) is 9.80 Å². The molecule has 0 aromatic heterocycles. The lowest BCUT2D eigenvalue weighted by Gasteiger charge is -2.21. The predicted molar refractivity (Wildman–Crippen MR) is 110 cm³/mol. The zero-order chi connectivity index (χ0) is 19.8. The Hall–Kier alpha value is -2.66. The Balaban J connectivity index is 1.48. The Morgan fingerprint density at radius 2 is 1.71 bits per heavy atom. The first-order valence-corrected chi connectivity index (χ1v) is 9.93. The molecule has 2 aromatic rings. The lowest BCUT2D eigenvalue weighted by atomic mass is 9.95. The van der Waals surface area contributed by atoms with Gasteiger partial charge in [-0.05, 0) is 49.1 Å². The minimum atomic E-state index is -0.595. The molecule has 0 aliphatic carbocycles. The summed E-state index contributed by atoms with van der Waals surface area (Å²) in [7, 11) is 0. The number of carbonyl (C=O) groups is 2. The molecule has 3 atom stereocenters. The van der Waals surface area contributed by atoms with E-state index in [4.69, 9.17) is 5.73 Å². The fraction of sp³-hybridized carbons (Fsp3) is 0.391. The van der Waals surface area contributed by atoms with Gasteiger partial charge in [0.05, 0.1) is 0 Å². The van der Waals surface area contributed by atoms with Gasteiger partial charge < -0.3 is 15.5 Å². The van der Waals surface area contributed by atoms with Crippen LogP contribution in [-0.4, -0.2) is 42.4 Å². The van der Waals surface area contributed by atoms with Gasteiger partial charge in [0.15, 0.2) is 0 Å². The van der Waals surface area contributed by atoms with E-state index in [1.165, 1.54) is 0 Å². The Bertz CT molecular complexity index is 876. The van der Waals surface area contributed by atoms with Crippen LogP contribution in [-0.2, 0) is 9.59 Å². The van der Waals surface area contributed by atoms with Crippen LogP contribution in [0.25, 0.3) is 0 Å². The van der Waals surface area contributed by atoms with Gasteiger partial charge in [0, 0.05) is 37.3 Å². The second-order valence-electron chi connectivity index (χ2n) is 8.10. The number of carbonyl (C=O) groups excluding carboxylic acids is 2. The minimum absolute atomic E-state index is 0.0780. The molecule has 0 saturated carbocycles. The van der Waals surface area contributed by atoms with E-state index in [-0.39, 0.29) is 23.8 Å². The maximum atomic E-state index is 13.1. The van der Waals surface area contributed by atoms with Crippen LogP contribution in [0.3, 0.4) is 0 Å². The summed E-state index contributed by atoms with van der Waals surface area (Å²) in [5, 5.41) is 0. The summed E-state index contributed by atoms with van der Waals surface area (Å²) in [6.07, 6.45) is 0.562. The number of nitrogens with two attached hydrogens (primary N) is 1. The molecule has 2 amide bonds. The Morgan fingerprint density at radius 1 is 1.04 bits per heavy atom. The number of aryl methyl sites for hydroxylation is 2. The number of hydrogen-bond acceptors (Lipinski definition) is 3. The molecule has 2 aliphatic rings. The quantitative estimate of drug-likeness (QED) is 0.836. The van der Waals surface area contributed by atoms with Crippen molar-refractivity contribution < 1.29 is 9.59 Å². The SMILES string of the molecule is Cc1cc(C)cc(N2CCC(C(=O)N3C[C@@H](N)[C@H](c4ccccc4)C3)C2=O)c1. The van der Waals surface area contributed by atoms with Crippen molar-refractivity contribution in [2.75, 3.05) is 24.5 Å². The van der Waals surface area contributed by atoms with Crippen LogP contribution in [0.1, 0.15) is 29.0 Å². The summed E-state index contributed by atoms with van der Waals surface area (Å²) in [5.74, 6) is -0.641. The number of anilines is 1. The van der Waals surface area contributed by atoms with Crippen LogP contribution in [0.4, 0.5) is 5.69 Å². The maximum Gasteiger partial charge on any atom is 0.239 e. The van der Waals surface area contributed by atoms with Crippen molar-refractivity contribution in [1.82, 2.24) is 4.90 Å². The molecule has 5 heteroatoms. The van der Waals surface area contributed by atoms with Crippen LogP contribution < -0.4 is 10.6 Å². The van der Waals surface area contributed by atoms with Crippen LogP contribution in [0.15, 0.2) is 48.5 Å². The van der Waals surface area contributed by atoms with Gasteiger partial charge in [-0.15, -0.1) is 0 Å². The van der Waals surface area contributed by atoms with E-state index < -0.39 is 5.92 Å². The lowest BCUT2D eigenvalue weighted by Crippen LogP contribution is -2.40. The monoisotopic (exact) mass is 377 g/mol. The highest BCUT2D eigenvalue weighted by Crippen LogP contribution is 2.31. The van der Waals surface area contributed by atoms with Gasteiger partial charge in [0.2, 0.25) is 11.8 Å². The van der Waals surface area contributed by atoms with Crippen molar-refractivity contribution in [3.63, 3.8) is 0 Å². The number of amides is 2. The molecule has 4 rings (SSSR count). The maximum absolute atomic E-state index is 13.1. The number of hydrogen-bond donors (Lipinski definition) is 1. The highest BCUT2D eigenvalue weighted by molar-refractivity contribution is 6.09. The molecule has 0 radical (unpaired) electrons. The average Bonchev–Trinajstić information content (AvgIpc) is 3.24. The first kappa shape index (κ1) is 18.7. The van der Waals surface area contributed by atoms with Crippen molar-refractivity contribution in [1.29, 1.82) is 0 Å². The van der Waals surface area contributed by atoms with E-state index in [9.17, 15) is 9.59 Å². The third-order valence-corrected chi connectivity index (χ3v) is 5.93. The fourth-order valence-corrected chi connectivity index (χ4v) is 4.55. The van der Waals surface area contributed by atoms with Crippen LogP contribution >= 0.6 is 0 Å². The Morgan fingerprint density at radius 3 is 2.39 bits per heavy atom. The molecule has 28 heavy (non-hydrogen) atoms. The highest BCUT2D eigenvalue weighted by Gasteiger charge is 2.43. The number of rotatable bonds is 3. The second-order valence-corrected chi connectivity index (χ2v) is 8.10. The Labute approximate surface area is 166 Å². The van der Waals surface area contributed by atoms with Crippen molar-refractivity contribution in [3.05, 3.63) is 65.2 Å². The fourth-order valence-electron chi connectivity index (χ4n) is 4.55. The zero-order valence-corrected chi connectivity index (χ0v) is 16.5. The van der Waals surface area contributed by atoms with E-state index in [2.05, 4.69) is 18.2 Å². The standard InChI is InChI=1S/C23H27N3O2/c1-15-10-16(2)12-18(11-15)26-9-8-19(23(26)28)22(27)25-13-20(21(24)14-25)17-6-4-3-5-7-17/h3-7,10-12,19-21H,8-9,13-14,24H2,1-2H3/t19?,20-,21+/m0/s1. The van der Waals surface area contributed by atoms with Crippen LogP contribution in [0.5, 0.6) is 0 Å². The number of likely N-dealkylation sites (tertiary alicyclic amines) is 1. The van der Waals surface area contributed by atoms with E-state index in [0.29, 0.717) is 26.1 Å². The largest absolute Gasteiger partial charge is 0.340 e. The van der Waals surface area contributed by atoms with Crippen LogP contribution in [0, 0.1) is 19.8 Å². The third-order valence-electron chi connectivity index (χ3n) is 5.93. The number of benzene rings is 2. The molecule has 0 spiro atoms. The first-order valence-electron chi connectivity index (χ1n) is 9.93. The summed E-state index contributed by atoms with van der Waals surface area (Å²) in [5.41, 5.74) is 10.6. The molecule has 2 aromatic carbocycles.